The number of hydrogen-bond donors (Lipinski definition) is 1. The first-order valence-corrected chi connectivity index (χ1v) is 12.1. The lowest BCUT2D eigenvalue weighted by atomic mass is 9.95. The van der Waals surface area contributed by atoms with E-state index in [4.69, 9.17) is 9.47 Å². The van der Waals surface area contributed by atoms with Crippen LogP contribution in [0.2, 0.25) is 0 Å². The van der Waals surface area contributed by atoms with Crippen molar-refractivity contribution in [1.82, 2.24) is 15.1 Å². The van der Waals surface area contributed by atoms with Crippen molar-refractivity contribution in [3.05, 3.63) is 59.7 Å². The minimum Gasteiger partial charge on any atom is -0.448 e. The molecule has 7 heteroatoms. The second-order valence-electron chi connectivity index (χ2n) is 10.6. The molecule has 0 radical (unpaired) electrons. The van der Waals surface area contributed by atoms with Crippen LogP contribution in [-0.2, 0) is 9.47 Å². The van der Waals surface area contributed by atoms with E-state index in [2.05, 4.69) is 29.6 Å². The molecule has 0 bridgehead atoms. The summed E-state index contributed by atoms with van der Waals surface area (Å²) in [6, 6.07) is 16.7. The second kappa shape index (κ2) is 8.62. The van der Waals surface area contributed by atoms with E-state index in [9.17, 15) is 9.59 Å². The van der Waals surface area contributed by atoms with Gasteiger partial charge in [0.25, 0.3) is 0 Å². The lowest BCUT2D eigenvalue weighted by Crippen LogP contribution is -2.63. The number of carbonyl (C=O) groups excluding carboxylic acids is 2. The maximum Gasteiger partial charge on any atom is 0.410 e. The third-order valence-electron chi connectivity index (χ3n) is 6.97. The Morgan fingerprint density at radius 1 is 0.941 bits per heavy atom. The molecule has 2 aliphatic heterocycles. The summed E-state index contributed by atoms with van der Waals surface area (Å²) < 4.78 is 11.4. The van der Waals surface area contributed by atoms with Crippen LogP contribution in [0.5, 0.6) is 0 Å². The number of hydrogen-bond acceptors (Lipinski definition) is 5. The summed E-state index contributed by atoms with van der Waals surface area (Å²) >= 11 is 0. The van der Waals surface area contributed by atoms with Crippen LogP contribution in [-0.4, -0.2) is 72.5 Å². The van der Waals surface area contributed by atoms with Gasteiger partial charge in [-0.25, -0.2) is 9.59 Å². The van der Waals surface area contributed by atoms with E-state index < -0.39 is 5.60 Å². The fourth-order valence-electron chi connectivity index (χ4n) is 5.43. The van der Waals surface area contributed by atoms with Crippen molar-refractivity contribution >= 4 is 12.2 Å². The van der Waals surface area contributed by atoms with Gasteiger partial charge < -0.3 is 24.6 Å². The predicted octanol–water partition coefficient (Wildman–Crippen LogP) is 4.22. The van der Waals surface area contributed by atoms with Crippen LogP contribution in [0.1, 0.15) is 44.2 Å². The van der Waals surface area contributed by atoms with Gasteiger partial charge in [0.2, 0.25) is 0 Å². The Morgan fingerprint density at radius 2 is 1.53 bits per heavy atom. The molecular weight excluding hydrogens is 430 g/mol. The number of piperazine rings is 1. The van der Waals surface area contributed by atoms with Crippen molar-refractivity contribution < 1.29 is 19.1 Å². The molecule has 2 aromatic carbocycles. The minimum absolute atomic E-state index is 0.0439. The van der Waals surface area contributed by atoms with Gasteiger partial charge in [-0.05, 0) is 49.4 Å². The lowest BCUT2D eigenvalue weighted by molar-refractivity contribution is 0.0264. The highest BCUT2D eigenvalue weighted by Crippen LogP contribution is 2.44. The summed E-state index contributed by atoms with van der Waals surface area (Å²) in [6.45, 7) is 8.83. The lowest BCUT2D eigenvalue weighted by Gasteiger charge is -2.40. The first-order chi connectivity index (χ1) is 16.2. The average Bonchev–Trinajstić information content (AvgIpc) is 3.36. The molecule has 5 rings (SSSR count). The van der Waals surface area contributed by atoms with Crippen molar-refractivity contribution in [1.29, 1.82) is 0 Å². The van der Waals surface area contributed by atoms with Gasteiger partial charge in [-0.15, -0.1) is 0 Å². The summed E-state index contributed by atoms with van der Waals surface area (Å²) in [6.07, 6.45) is 0.183. The number of likely N-dealkylation sites (tertiary alicyclic amines) is 1. The minimum atomic E-state index is -0.528. The Bertz CT molecular complexity index is 1050. The quantitative estimate of drug-likeness (QED) is 0.722. The molecule has 1 spiro atoms. The van der Waals surface area contributed by atoms with Crippen molar-refractivity contribution in [3.63, 3.8) is 0 Å². The third-order valence-corrected chi connectivity index (χ3v) is 6.97. The van der Waals surface area contributed by atoms with Crippen LogP contribution in [0.15, 0.2) is 48.5 Å². The van der Waals surface area contributed by atoms with Gasteiger partial charge >= 0.3 is 12.2 Å². The standard InChI is InChI=1S/C27H33N3O4/c1-26(2,3)34-25(32)29-14-12-27(17-29)18-30(15-13-28-27)24(31)33-16-23-21-10-6-4-8-19(21)20-9-5-7-11-22(20)23/h4-11,23,28H,12-18H2,1-3H3. The van der Waals surface area contributed by atoms with Gasteiger partial charge in [-0.1, -0.05) is 48.5 Å². The van der Waals surface area contributed by atoms with Crippen molar-refractivity contribution in [3.8, 4) is 11.1 Å². The zero-order valence-corrected chi connectivity index (χ0v) is 20.2. The van der Waals surface area contributed by atoms with Crippen LogP contribution in [0, 0.1) is 0 Å². The van der Waals surface area contributed by atoms with E-state index in [1.54, 1.807) is 9.80 Å². The summed E-state index contributed by atoms with van der Waals surface area (Å²) in [4.78, 5) is 29.1. The van der Waals surface area contributed by atoms with E-state index in [1.165, 1.54) is 22.3 Å². The second-order valence-corrected chi connectivity index (χ2v) is 10.6. The fraction of sp³-hybridized carbons (Fsp3) is 0.481. The molecule has 2 heterocycles. The van der Waals surface area contributed by atoms with Gasteiger partial charge in [0.15, 0.2) is 0 Å². The summed E-state index contributed by atoms with van der Waals surface area (Å²) in [7, 11) is 0. The SMILES string of the molecule is CC(C)(C)OC(=O)N1CCC2(CN(C(=O)OCC3c4ccccc4-c4ccccc43)CCN2)C1. The summed E-state index contributed by atoms with van der Waals surface area (Å²) in [5.74, 6) is 0.0439. The molecule has 1 N–H and O–H groups in total. The molecule has 2 fully saturated rings. The maximum atomic E-state index is 13.1. The van der Waals surface area contributed by atoms with Gasteiger partial charge in [-0.2, -0.15) is 0 Å². The van der Waals surface area contributed by atoms with Crippen LogP contribution >= 0.6 is 0 Å². The molecule has 1 aliphatic carbocycles. The highest BCUT2D eigenvalue weighted by molar-refractivity contribution is 5.79. The van der Waals surface area contributed by atoms with Crippen LogP contribution < -0.4 is 5.32 Å². The molecule has 3 aliphatic rings. The molecule has 7 nitrogen and oxygen atoms in total. The smallest absolute Gasteiger partial charge is 0.410 e. The number of fused-ring (bicyclic) bond motifs is 3. The van der Waals surface area contributed by atoms with Gasteiger partial charge in [0, 0.05) is 38.6 Å². The molecule has 1 unspecified atom stereocenters. The first kappa shape index (κ1) is 22.7. The van der Waals surface area contributed by atoms with Crippen molar-refractivity contribution in [2.45, 2.75) is 44.2 Å². The summed E-state index contributed by atoms with van der Waals surface area (Å²) in [5.41, 5.74) is 4.00. The molecule has 0 saturated carbocycles. The van der Waals surface area contributed by atoms with Crippen LogP contribution in [0.3, 0.4) is 0 Å². The molecular formula is C27H33N3O4. The van der Waals surface area contributed by atoms with E-state index in [0.717, 1.165) is 6.42 Å². The molecule has 180 valence electrons. The van der Waals surface area contributed by atoms with Crippen LogP contribution in [0.25, 0.3) is 11.1 Å². The number of rotatable bonds is 2. The highest BCUT2D eigenvalue weighted by Gasteiger charge is 2.45. The Morgan fingerprint density at radius 3 is 2.15 bits per heavy atom. The molecule has 2 saturated heterocycles. The number of carbonyl (C=O) groups is 2. The number of ether oxygens (including phenoxy) is 2. The largest absolute Gasteiger partial charge is 0.448 e. The monoisotopic (exact) mass is 463 g/mol. The Balaban J connectivity index is 1.22. The predicted molar refractivity (Wildman–Crippen MR) is 130 cm³/mol. The van der Waals surface area contributed by atoms with E-state index >= 15 is 0 Å². The molecule has 0 aromatic heterocycles. The molecule has 34 heavy (non-hydrogen) atoms. The topological polar surface area (TPSA) is 71.1 Å². The average molecular weight is 464 g/mol. The zero-order valence-electron chi connectivity index (χ0n) is 20.2. The molecule has 1 atom stereocenters. The van der Waals surface area contributed by atoms with Crippen molar-refractivity contribution in [2.75, 3.05) is 39.3 Å². The van der Waals surface area contributed by atoms with E-state index in [0.29, 0.717) is 39.3 Å². The first-order valence-electron chi connectivity index (χ1n) is 12.1. The Kier molecular flexibility index (Phi) is 5.76. The number of nitrogens with one attached hydrogen (secondary N) is 1. The molecule has 2 amide bonds. The third kappa shape index (κ3) is 4.37. The van der Waals surface area contributed by atoms with Gasteiger partial charge in [0.1, 0.15) is 12.2 Å². The normalized spacial score (nSPS) is 22.0. The Hall–Kier alpha value is -3.06. The van der Waals surface area contributed by atoms with Crippen molar-refractivity contribution in [2.24, 2.45) is 0 Å². The summed E-state index contributed by atoms with van der Waals surface area (Å²) in [5, 5.41) is 3.55. The fourth-order valence-corrected chi connectivity index (χ4v) is 5.43. The highest BCUT2D eigenvalue weighted by atomic mass is 16.6. The number of nitrogens with zero attached hydrogens (tertiary/aromatic N) is 2. The zero-order chi connectivity index (χ0) is 23.9. The molecule has 2 aromatic rings. The maximum absolute atomic E-state index is 13.1. The van der Waals surface area contributed by atoms with Crippen LogP contribution in [0.4, 0.5) is 9.59 Å². The van der Waals surface area contributed by atoms with Gasteiger partial charge in [-0.3, -0.25) is 0 Å². The Labute approximate surface area is 201 Å². The van der Waals surface area contributed by atoms with E-state index in [1.807, 2.05) is 45.0 Å². The van der Waals surface area contributed by atoms with Gasteiger partial charge in [0.05, 0.1) is 5.54 Å². The number of amides is 2. The number of benzene rings is 2. The van der Waals surface area contributed by atoms with E-state index in [-0.39, 0.29) is 23.6 Å².